The smallest absolute Gasteiger partial charge is 0.439 e. The summed E-state index contributed by atoms with van der Waals surface area (Å²) >= 11 is 0. The Hall–Kier alpha value is -4.13. The van der Waals surface area contributed by atoms with Crippen LogP contribution >= 0.6 is 0 Å². The summed E-state index contributed by atoms with van der Waals surface area (Å²) in [5, 5.41) is 4.07. The predicted octanol–water partition coefficient (Wildman–Crippen LogP) is 4.15. The summed E-state index contributed by atoms with van der Waals surface area (Å²) in [6.45, 7) is 0. The van der Waals surface area contributed by atoms with Gasteiger partial charge >= 0.3 is 6.36 Å². The van der Waals surface area contributed by atoms with Crippen LogP contribution in [0, 0.1) is 0 Å². The van der Waals surface area contributed by atoms with Crippen LogP contribution in [0.5, 0.6) is 17.4 Å². The molecule has 0 atom stereocenters. The molecule has 0 aliphatic carbocycles. The lowest BCUT2D eigenvalue weighted by Crippen LogP contribution is -2.17. The molecule has 33 heavy (non-hydrogen) atoms. The average Bonchev–Trinajstić information content (AvgIpc) is 3.30. The van der Waals surface area contributed by atoms with E-state index in [0.29, 0.717) is 11.6 Å². The van der Waals surface area contributed by atoms with E-state index in [9.17, 15) is 21.6 Å². The maximum atomic E-state index is 12.5. The monoisotopic (exact) mass is 477 g/mol. The number of halogens is 3. The molecule has 4 aromatic rings. The molecule has 0 aliphatic heterocycles. The number of alkyl halides is 3. The van der Waals surface area contributed by atoms with Gasteiger partial charge in [-0.3, -0.25) is 4.72 Å². The van der Waals surface area contributed by atoms with Crippen LogP contribution in [-0.4, -0.2) is 34.5 Å². The van der Waals surface area contributed by atoms with Gasteiger partial charge in [0.15, 0.2) is 5.82 Å². The van der Waals surface area contributed by atoms with E-state index < -0.39 is 22.1 Å². The van der Waals surface area contributed by atoms with Crippen molar-refractivity contribution in [1.82, 2.24) is 19.7 Å². The fourth-order valence-electron chi connectivity index (χ4n) is 2.66. The van der Waals surface area contributed by atoms with Gasteiger partial charge in [-0.2, -0.15) is 5.10 Å². The van der Waals surface area contributed by atoms with Crippen LogP contribution in [0.2, 0.25) is 0 Å². The Bertz CT molecular complexity index is 1330. The molecule has 0 bridgehead atoms. The third-order valence-corrected chi connectivity index (χ3v) is 5.46. The van der Waals surface area contributed by atoms with Gasteiger partial charge in [-0.15, -0.1) is 13.2 Å². The number of hydrogen-bond acceptors (Lipinski definition) is 7. The van der Waals surface area contributed by atoms with E-state index in [4.69, 9.17) is 4.74 Å². The summed E-state index contributed by atoms with van der Waals surface area (Å²) in [4.78, 5) is 7.90. The standard InChI is InChI=1S/C20H14F3N5O4S/c21-20(22,23)32-16-6-8-17(9-7-16)33(29,30)27-14-2-4-15(5-3-14)31-19-12-18(24-13-25-19)28-11-1-10-26-28/h1-13,27H. The molecule has 170 valence electrons. The first-order valence-corrected chi connectivity index (χ1v) is 10.6. The topological polar surface area (TPSA) is 108 Å². The molecule has 2 heterocycles. The quantitative estimate of drug-likeness (QED) is 0.426. The predicted molar refractivity (Wildman–Crippen MR) is 110 cm³/mol. The SMILES string of the molecule is O=S(=O)(Nc1ccc(Oc2cc(-n3cccn3)ncn2)cc1)c1ccc(OC(F)(F)F)cc1. The van der Waals surface area contributed by atoms with Crippen LogP contribution in [0.1, 0.15) is 0 Å². The molecular formula is C20H14F3N5O4S. The number of ether oxygens (including phenoxy) is 2. The van der Waals surface area contributed by atoms with Gasteiger partial charge in [-0.05, 0) is 54.6 Å². The van der Waals surface area contributed by atoms with Crippen LogP contribution in [0.15, 0.2) is 84.3 Å². The number of nitrogens with one attached hydrogen (secondary N) is 1. The maximum absolute atomic E-state index is 12.5. The summed E-state index contributed by atoms with van der Waals surface area (Å²) < 4.78 is 75.0. The zero-order valence-electron chi connectivity index (χ0n) is 16.5. The summed E-state index contributed by atoms with van der Waals surface area (Å²) in [6.07, 6.45) is -0.230. The van der Waals surface area contributed by atoms with E-state index in [0.717, 1.165) is 24.3 Å². The Balaban J connectivity index is 1.42. The molecule has 4 rings (SSSR count). The minimum absolute atomic E-state index is 0.220. The Kier molecular flexibility index (Phi) is 5.87. The highest BCUT2D eigenvalue weighted by atomic mass is 32.2. The molecule has 0 amide bonds. The van der Waals surface area contributed by atoms with E-state index in [1.165, 1.54) is 35.3 Å². The Morgan fingerprint density at radius 1 is 0.939 bits per heavy atom. The molecule has 0 unspecified atom stereocenters. The summed E-state index contributed by atoms with van der Waals surface area (Å²) in [6, 6.07) is 13.1. The van der Waals surface area contributed by atoms with E-state index in [-0.39, 0.29) is 16.5 Å². The van der Waals surface area contributed by atoms with E-state index in [1.54, 1.807) is 24.5 Å². The Morgan fingerprint density at radius 2 is 1.64 bits per heavy atom. The second-order valence-electron chi connectivity index (χ2n) is 6.42. The molecule has 0 spiro atoms. The Labute approximate surface area is 185 Å². The van der Waals surface area contributed by atoms with Crippen LogP contribution in [-0.2, 0) is 10.0 Å². The lowest BCUT2D eigenvalue weighted by Gasteiger charge is -2.11. The van der Waals surface area contributed by atoms with Crippen molar-refractivity contribution < 1.29 is 31.1 Å². The Morgan fingerprint density at radius 3 is 2.27 bits per heavy atom. The zero-order valence-corrected chi connectivity index (χ0v) is 17.3. The van der Waals surface area contributed by atoms with Gasteiger partial charge in [0.1, 0.15) is 17.8 Å². The van der Waals surface area contributed by atoms with Crippen LogP contribution in [0.4, 0.5) is 18.9 Å². The highest BCUT2D eigenvalue weighted by molar-refractivity contribution is 7.92. The number of hydrogen-bond donors (Lipinski definition) is 1. The molecule has 0 saturated carbocycles. The maximum Gasteiger partial charge on any atom is 0.573 e. The van der Waals surface area contributed by atoms with Crippen molar-refractivity contribution in [2.75, 3.05) is 4.72 Å². The first-order valence-electron chi connectivity index (χ1n) is 9.17. The van der Waals surface area contributed by atoms with E-state index in [1.807, 2.05) is 0 Å². The highest BCUT2D eigenvalue weighted by Crippen LogP contribution is 2.26. The number of aromatic nitrogens is 4. The van der Waals surface area contributed by atoms with E-state index in [2.05, 4.69) is 24.5 Å². The van der Waals surface area contributed by atoms with Gasteiger partial charge < -0.3 is 9.47 Å². The van der Waals surface area contributed by atoms with Crippen molar-refractivity contribution >= 4 is 15.7 Å². The van der Waals surface area contributed by atoms with Gasteiger partial charge in [0.25, 0.3) is 10.0 Å². The normalized spacial score (nSPS) is 11.7. The molecule has 13 heteroatoms. The minimum atomic E-state index is -4.87. The molecule has 9 nitrogen and oxygen atoms in total. The van der Waals surface area contributed by atoms with Crippen molar-refractivity contribution in [3.05, 3.63) is 79.4 Å². The van der Waals surface area contributed by atoms with Crippen molar-refractivity contribution in [2.24, 2.45) is 0 Å². The zero-order chi connectivity index (χ0) is 23.5. The number of nitrogens with zero attached hydrogens (tertiary/aromatic N) is 4. The minimum Gasteiger partial charge on any atom is -0.439 e. The van der Waals surface area contributed by atoms with Gasteiger partial charge in [0.2, 0.25) is 5.88 Å². The lowest BCUT2D eigenvalue weighted by molar-refractivity contribution is -0.274. The van der Waals surface area contributed by atoms with Gasteiger partial charge in [0, 0.05) is 24.1 Å². The number of benzene rings is 2. The van der Waals surface area contributed by atoms with Gasteiger partial charge in [-0.25, -0.2) is 23.1 Å². The third kappa shape index (κ3) is 5.77. The number of sulfonamides is 1. The molecule has 2 aromatic heterocycles. The average molecular weight is 477 g/mol. The largest absolute Gasteiger partial charge is 0.573 e. The summed E-state index contributed by atoms with van der Waals surface area (Å²) in [7, 11) is -4.03. The van der Waals surface area contributed by atoms with Gasteiger partial charge in [-0.1, -0.05) is 0 Å². The van der Waals surface area contributed by atoms with Crippen LogP contribution in [0.25, 0.3) is 5.82 Å². The second kappa shape index (κ2) is 8.78. The number of anilines is 1. The number of rotatable bonds is 7. The van der Waals surface area contributed by atoms with Crippen LogP contribution in [0.3, 0.4) is 0 Å². The summed E-state index contributed by atoms with van der Waals surface area (Å²) in [5.41, 5.74) is 0.220. The van der Waals surface area contributed by atoms with Gasteiger partial charge in [0.05, 0.1) is 4.90 Å². The van der Waals surface area contributed by atoms with Crippen molar-refractivity contribution in [1.29, 1.82) is 0 Å². The molecule has 0 radical (unpaired) electrons. The molecule has 1 N–H and O–H groups in total. The van der Waals surface area contributed by atoms with Crippen LogP contribution < -0.4 is 14.2 Å². The third-order valence-electron chi connectivity index (χ3n) is 4.06. The van der Waals surface area contributed by atoms with Crippen molar-refractivity contribution in [2.45, 2.75) is 11.3 Å². The molecular weight excluding hydrogens is 463 g/mol. The second-order valence-corrected chi connectivity index (χ2v) is 8.10. The molecule has 2 aromatic carbocycles. The molecule has 0 aliphatic rings. The lowest BCUT2D eigenvalue weighted by atomic mass is 10.3. The molecule has 0 fully saturated rings. The first kappa shape index (κ1) is 22.1. The highest BCUT2D eigenvalue weighted by Gasteiger charge is 2.31. The van der Waals surface area contributed by atoms with E-state index >= 15 is 0 Å². The summed E-state index contributed by atoms with van der Waals surface area (Å²) in [5.74, 6) is 0.617. The first-order chi connectivity index (χ1) is 15.7. The van der Waals surface area contributed by atoms with Crippen molar-refractivity contribution in [3.63, 3.8) is 0 Å². The van der Waals surface area contributed by atoms with Crippen molar-refractivity contribution in [3.8, 4) is 23.2 Å². The fourth-order valence-corrected chi connectivity index (χ4v) is 3.72. The fraction of sp³-hybridized carbons (Fsp3) is 0.0500. The molecule has 0 saturated heterocycles.